The second kappa shape index (κ2) is 7.17. The Morgan fingerprint density at radius 1 is 1.18 bits per heavy atom. The third-order valence-electron chi connectivity index (χ3n) is 2.90. The molecule has 0 saturated heterocycles. The molecule has 0 radical (unpaired) electrons. The Balaban J connectivity index is 2.02. The molecule has 2 rings (SSSR count). The largest absolute Gasteiger partial charge is 0.463 e. The van der Waals surface area contributed by atoms with Crippen LogP contribution in [0.15, 0.2) is 45.7 Å². The molecule has 1 amide bonds. The molecule has 1 N–H and O–H groups in total. The van der Waals surface area contributed by atoms with Crippen LogP contribution in [-0.2, 0) is 9.53 Å². The Morgan fingerprint density at radius 2 is 1.86 bits per heavy atom. The van der Waals surface area contributed by atoms with E-state index in [2.05, 4.69) is 10.1 Å². The summed E-state index contributed by atoms with van der Waals surface area (Å²) < 4.78 is 10.1. The Morgan fingerprint density at radius 3 is 2.45 bits per heavy atom. The second-order valence-electron chi connectivity index (χ2n) is 4.66. The molecule has 116 valence electrons. The molecule has 1 heterocycles. The standard InChI is InChI=1S/C16H17NO4S/c1-10(14-8-9-15(21-14)16(19)20-3)22-13-6-4-12(5-7-13)17-11(2)18/h4-10H,1-3H3,(H,17,18). The number of esters is 1. The lowest BCUT2D eigenvalue weighted by atomic mass is 10.3. The van der Waals surface area contributed by atoms with E-state index in [1.165, 1.54) is 14.0 Å². The molecule has 5 nitrogen and oxygen atoms in total. The minimum atomic E-state index is -0.483. The molecule has 0 aliphatic carbocycles. The fourth-order valence-corrected chi connectivity index (χ4v) is 2.81. The summed E-state index contributed by atoms with van der Waals surface area (Å²) in [6, 6.07) is 10.9. The molecule has 0 saturated carbocycles. The summed E-state index contributed by atoms with van der Waals surface area (Å²) in [5.41, 5.74) is 0.760. The number of hydrogen-bond acceptors (Lipinski definition) is 5. The third-order valence-corrected chi connectivity index (χ3v) is 4.03. The zero-order valence-corrected chi connectivity index (χ0v) is 13.4. The average Bonchev–Trinajstić information content (AvgIpc) is 2.98. The van der Waals surface area contributed by atoms with Crippen molar-refractivity contribution in [3.63, 3.8) is 0 Å². The monoisotopic (exact) mass is 319 g/mol. The van der Waals surface area contributed by atoms with Crippen LogP contribution in [0, 0.1) is 0 Å². The number of nitrogens with one attached hydrogen (secondary N) is 1. The van der Waals surface area contributed by atoms with Crippen molar-refractivity contribution < 1.29 is 18.7 Å². The molecule has 22 heavy (non-hydrogen) atoms. The van der Waals surface area contributed by atoms with Crippen LogP contribution in [0.25, 0.3) is 0 Å². The highest BCUT2D eigenvalue weighted by Gasteiger charge is 2.16. The molecule has 0 spiro atoms. The molecular weight excluding hydrogens is 302 g/mol. The van der Waals surface area contributed by atoms with Gasteiger partial charge >= 0.3 is 5.97 Å². The van der Waals surface area contributed by atoms with Gasteiger partial charge in [0.1, 0.15) is 5.76 Å². The van der Waals surface area contributed by atoms with Crippen molar-refractivity contribution >= 4 is 29.3 Å². The maximum atomic E-state index is 11.4. The summed E-state index contributed by atoms with van der Waals surface area (Å²) in [4.78, 5) is 23.4. The summed E-state index contributed by atoms with van der Waals surface area (Å²) >= 11 is 1.60. The van der Waals surface area contributed by atoms with Gasteiger partial charge in [-0.05, 0) is 43.3 Å². The first-order chi connectivity index (χ1) is 10.5. The summed E-state index contributed by atoms with van der Waals surface area (Å²) in [6.07, 6.45) is 0. The number of methoxy groups -OCH3 is 1. The first kappa shape index (κ1) is 16.2. The second-order valence-corrected chi connectivity index (χ2v) is 6.07. The van der Waals surface area contributed by atoms with Crippen LogP contribution >= 0.6 is 11.8 Å². The number of hydrogen-bond donors (Lipinski definition) is 1. The van der Waals surface area contributed by atoms with Crippen molar-refractivity contribution in [3.8, 4) is 0 Å². The zero-order valence-electron chi connectivity index (χ0n) is 12.6. The first-order valence-corrected chi connectivity index (χ1v) is 7.60. The van der Waals surface area contributed by atoms with Crippen LogP contribution in [0.4, 0.5) is 5.69 Å². The Hall–Kier alpha value is -2.21. The summed E-state index contributed by atoms with van der Waals surface area (Å²) in [5.74, 6) is 0.324. The number of carbonyl (C=O) groups excluding carboxylic acids is 2. The fourth-order valence-electron chi connectivity index (χ4n) is 1.86. The van der Waals surface area contributed by atoms with Crippen LogP contribution in [0.2, 0.25) is 0 Å². The van der Waals surface area contributed by atoms with Crippen molar-refractivity contribution in [1.82, 2.24) is 0 Å². The Labute approximate surface area is 133 Å². The number of amides is 1. The highest BCUT2D eigenvalue weighted by Crippen LogP contribution is 2.36. The molecule has 0 aliphatic rings. The van der Waals surface area contributed by atoms with E-state index in [1.54, 1.807) is 23.9 Å². The quantitative estimate of drug-likeness (QED) is 0.669. The first-order valence-electron chi connectivity index (χ1n) is 6.72. The number of benzene rings is 1. The molecule has 1 atom stereocenters. The average molecular weight is 319 g/mol. The minimum Gasteiger partial charge on any atom is -0.463 e. The van der Waals surface area contributed by atoms with Crippen molar-refractivity contribution in [2.75, 3.05) is 12.4 Å². The minimum absolute atomic E-state index is 0.0463. The van der Waals surface area contributed by atoms with Crippen molar-refractivity contribution in [1.29, 1.82) is 0 Å². The van der Waals surface area contributed by atoms with E-state index in [4.69, 9.17) is 4.42 Å². The van der Waals surface area contributed by atoms with Crippen molar-refractivity contribution in [2.24, 2.45) is 0 Å². The topological polar surface area (TPSA) is 68.5 Å². The van der Waals surface area contributed by atoms with Gasteiger partial charge < -0.3 is 14.5 Å². The predicted octanol–water partition coefficient (Wildman–Crippen LogP) is 3.88. The van der Waals surface area contributed by atoms with Crippen LogP contribution in [0.3, 0.4) is 0 Å². The molecule has 0 aliphatic heterocycles. The maximum absolute atomic E-state index is 11.4. The van der Waals surface area contributed by atoms with Gasteiger partial charge in [0.15, 0.2) is 0 Å². The number of thioether (sulfide) groups is 1. The Bertz CT molecular complexity index is 663. The molecule has 1 aromatic carbocycles. The van der Waals surface area contributed by atoms with Crippen LogP contribution < -0.4 is 5.32 Å². The Kier molecular flexibility index (Phi) is 5.27. The van der Waals surface area contributed by atoms with Gasteiger partial charge in [-0.3, -0.25) is 4.79 Å². The molecular formula is C16H17NO4S. The van der Waals surface area contributed by atoms with Gasteiger partial charge in [0.2, 0.25) is 11.7 Å². The van der Waals surface area contributed by atoms with Gasteiger partial charge in [-0.2, -0.15) is 0 Å². The van der Waals surface area contributed by atoms with Crippen molar-refractivity contribution in [2.45, 2.75) is 24.0 Å². The maximum Gasteiger partial charge on any atom is 0.373 e. The highest BCUT2D eigenvalue weighted by atomic mass is 32.2. The number of carbonyl (C=O) groups is 2. The summed E-state index contributed by atoms with van der Waals surface area (Å²) in [5, 5.41) is 2.77. The van der Waals surface area contributed by atoms with Crippen LogP contribution in [0.5, 0.6) is 0 Å². The lowest BCUT2D eigenvalue weighted by molar-refractivity contribution is -0.114. The van der Waals surface area contributed by atoms with Gasteiger partial charge in [0, 0.05) is 17.5 Å². The lowest BCUT2D eigenvalue weighted by Crippen LogP contribution is -2.05. The number of anilines is 1. The predicted molar refractivity (Wildman–Crippen MR) is 85.1 cm³/mol. The van der Waals surface area contributed by atoms with Gasteiger partial charge in [-0.15, -0.1) is 11.8 Å². The van der Waals surface area contributed by atoms with E-state index in [0.717, 1.165) is 10.6 Å². The SMILES string of the molecule is COC(=O)c1ccc(C(C)Sc2ccc(NC(C)=O)cc2)o1. The van der Waals surface area contributed by atoms with Crippen LogP contribution in [0.1, 0.15) is 35.4 Å². The van der Waals surface area contributed by atoms with E-state index in [1.807, 2.05) is 31.2 Å². The van der Waals surface area contributed by atoms with E-state index in [9.17, 15) is 9.59 Å². The van der Waals surface area contributed by atoms with E-state index in [0.29, 0.717) is 5.76 Å². The molecule has 1 unspecified atom stereocenters. The number of furan rings is 1. The van der Waals surface area contributed by atoms with Gasteiger partial charge in [-0.1, -0.05) is 0 Å². The number of ether oxygens (including phenoxy) is 1. The van der Waals surface area contributed by atoms with E-state index < -0.39 is 5.97 Å². The third kappa shape index (κ3) is 4.14. The highest BCUT2D eigenvalue weighted by molar-refractivity contribution is 7.99. The van der Waals surface area contributed by atoms with Crippen LogP contribution in [-0.4, -0.2) is 19.0 Å². The molecule has 1 aromatic heterocycles. The van der Waals surface area contributed by atoms with E-state index in [-0.39, 0.29) is 16.9 Å². The smallest absolute Gasteiger partial charge is 0.373 e. The number of rotatable bonds is 5. The summed E-state index contributed by atoms with van der Waals surface area (Å²) in [6.45, 7) is 3.47. The fraction of sp³-hybridized carbons (Fsp3) is 0.250. The molecule has 2 aromatic rings. The summed E-state index contributed by atoms with van der Waals surface area (Å²) in [7, 11) is 1.32. The van der Waals surface area contributed by atoms with E-state index >= 15 is 0 Å². The normalized spacial score (nSPS) is 11.8. The van der Waals surface area contributed by atoms with Gasteiger partial charge in [0.25, 0.3) is 0 Å². The lowest BCUT2D eigenvalue weighted by Gasteiger charge is -2.09. The zero-order chi connectivity index (χ0) is 16.1. The molecule has 6 heteroatoms. The molecule has 0 fully saturated rings. The van der Waals surface area contributed by atoms with Crippen molar-refractivity contribution in [3.05, 3.63) is 47.9 Å². The molecule has 0 bridgehead atoms. The van der Waals surface area contributed by atoms with Gasteiger partial charge in [-0.25, -0.2) is 4.79 Å². The van der Waals surface area contributed by atoms with Gasteiger partial charge in [0.05, 0.1) is 12.4 Å².